The van der Waals surface area contributed by atoms with Crippen LogP contribution in [0.1, 0.15) is 45.3 Å². The summed E-state index contributed by atoms with van der Waals surface area (Å²) in [5, 5.41) is 19.1. The zero-order valence-corrected chi connectivity index (χ0v) is 13.2. The van der Waals surface area contributed by atoms with Gasteiger partial charge in [0.2, 0.25) is 0 Å². The summed E-state index contributed by atoms with van der Waals surface area (Å²) in [7, 11) is 0. The van der Waals surface area contributed by atoms with Crippen LogP contribution in [0.4, 0.5) is 5.82 Å². The van der Waals surface area contributed by atoms with Crippen LogP contribution in [-0.4, -0.2) is 25.3 Å². The largest absolute Gasteiger partial charge is 0.464 e. The Morgan fingerprint density at radius 1 is 1.23 bits per heavy atom. The average Bonchev–Trinajstić information content (AvgIpc) is 3.11. The summed E-state index contributed by atoms with van der Waals surface area (Å²) in [4.78, 5) is 0. The normalized spacial score (nSPS) is 13.5. The van der Waals surface area contributed by atoms with Gasteiger partial charge in [-0.2, -0.15) is 0 Å². The minimum Gasteiger partial charge on any atom is -0.464 e. The van der Waals surface area contributed by atoms with E-state index in [2.05, 4.69) is 53.6 Å². The lowest BCUT2D eigenvalue weighted by Gasteiger charge is -2.30. The van der Waals surface area contributed by atoms with Crippen molar-refractivity contribution in [2.24, 2.45) is 5.41 Å². The van der Waals surface area contributed by atoms with Crippen molar-refractivity contribution in [3.8, 4) is 0 Å². The predicted molar refractivity (Wildman–Crippen MR) is 82.5 cm³/mol. The number of furan rings is 1. The number of anilines is 1. The third kappa shape index (κ3) is 2.79. The van der Waals surface area contributed by atoms with E-state index in [0.717, 1.165) is 17.9 Å². The standard InChI is InChI=1S/C15H20N6O/c1-5-10-6-7-11(22-10)14(15(2,3)4)16-12-8-9-13-17-19-20-21(13)18-12/h6-9,14H,5H2,1-4H3,(H,16,18). The van der Waals surface area contributed by atoms with Crippen LogP contribution in [0.5, 0.6) is 0 Å². The topological polar surface area (TPSA) is 81.1 Å². The van der Waals surface area contributed by atoms with Gasteiger partial charge in [0.25, 0.3) is 0 Å². The van der Waals surface area contributed by atoms with Gasteiger partial charge in [-0.25, -0.2) is 0 Å². The maximum absolute atomic E-state index is 5.93. The van der Waals surface area contributed by atoms with Crippen molar-refractivity contribution >= 4 is 11.5 Å². The highest BCUT2D eigenvalue weighted by molar-refractivity contribution is 5.43. The molecule has 0 fully saturated rings. The Labute approximate surface area is 128 Å². The van der Waals surface area contributed by atoms with Crippen LogP contribution >= 0.6 is 0 Å². The van der Waals surface area contributed by atoms with E-state index >= 15 is 0 Å². The molecule has 1 N–H and O–H groups in total. The highest BCUT2D eigenvalue weighted by Crippen LogP contribution is 2.36. The average molecular weight is 300 g/mol. The van der Waals surface area contributed by atoms with E-state index in [4.69, 9.17) is 4.42 Å². The quantitative estimate of drug-likeness (QED) is 0.798. The zero-order chi connectivity index (χ0) is 15.7. The summed E-state index contributed by atoms with van der Waals surface area (Å²) < 4.78 is 7.33. The van der Waals surface area contributed by atoms with Crippen molar-refractivity contribution in [1.29, 1.82) is 0 Å². The molecule has 7 heteroatoms. The summed E-state index contributed by atoms with van der Waals surface area (Å²) in [5.74, 6) is 2.59. The van der Waals surface area contributed by atoms with E-state index in [1.807, 2.05) is 24.3 Å². The minimum atomic E-state index is -0.0415. The fourth-order valence-corrected chi connectivity index (χ4v) is 2.33. The second-order valence-corrected chi connectivity index (χ2v) is 6.35. The fourth-order valence-electron chi connectivity index (χ4n) is 2.33. The summed E-state index contributed by atoms with van der Waals surface area (Å²) in [6.45, 7) is 8.56. The first-order valence-electron chi connectivity index (χ1n) is 7.38. The van der Waals surface area contributed by atoms with Gasteiger partial charge in [0.05, 0.1) is 6.04 Å². The summed E-state index contributed by atoms with van der Waals surface area (Å²) >= 11 is 0. The molecule has 1 atom stereocenters. The lowest BCUT2D eigenvalue weighted by Crippen LogP contribution is -2.26. The highest BCUT2D eigenvalue weighted by atomic mass is 16.3. The van der Waals surface area contributed by atoms with Crippen molar-refractivity contribution < 1.29 is 4.42 Å². The second-order valence-electron chi connectivity index (χ2n) is 6.35. The molecule has 3 aromatic rings. The van der Waals surface area contributed by atoms with Crippen LogP contribution in [0, 0.1) is 5.41 Å². The number of hydrogen-bond acceptors (Lipinski definition) is 6. The molecule has 0 bridgehead atoms. The molecule has 3 aromatic heterocycles. The second kappa shape index (κ2) is 5.40. The Balaban J connectivity index is 1.92. The van der Waals surface area contributed by atoms with Crippen molar-refractivity contribution in [2.75, 3.05) is 5.32 Å². The van der Waals surface area contributed by atoms with Gasteiger partial charge in [0.1, 0.15) is 17.3 Å². The number of nitrogens with zero attached hydrogens (tertiary/aromatic N) is 5. The molecule has 0 amide bonds. The molecule has 0 aromatic carbocycles. The summed E-state index contributed by atoms with van der Waals surface area (Å²) in [6.07, 6.45) is 0.881. The summed E-state index contributed by atoms with van der Waals surface area (Å²) in [5.41, 5.74) is 0.573. The molecule has 0 aliphatic heterocycles. The molecule has 0 saturated heterocycles. The van der Waals surface area contributed by atoms with Gasteiger partial charge in [0, 0.05) is 6.42 Å². The molecule has 0 spiro atoms. The zero-order valence-electron chi connectivity index (χ0n) is 13.2. The van der Waals surface area contributed by atoms with Crippen LogP contribution in [0.3, 0.4) is 0 Å². The highest BCUT2D eigenvalue weighted by Gasteiger charge is 2.29. The van der Waals surface area contributed by atoms with Crippen molar-refractivity contribution in [2.45, 2.75) is 40.2 Å². The van der Waals surface area contributed by atoms with Gasteiger partial charge >= 0.3 is 0 Å². The molecular weight excluding hydrogens is 280 g/mol. The van der Waals surface area contributed by atoms with Crippen LogP contribution in [0.2, 0.25) is 0 Å². The monoisotopic (exact) mass is 300 g/mol. The maximum Gasteiger partial charge on any atom is 0.200 e. The molecule has 3 heterocycles. The summed E-state index contributed by atoms with van der Waals surface area (Å²) in [6, 6.07) is 7.74. The third-order valence-corrected chi connectivity index (χ3v) is 3.54. The molecule has 3 rings (SSSR count). The first-order chi connectivity index (χ1) is 10.5. The Morgan fingerprint density at radius 3 is 2.73 bits per heavy atom. The van der Waals surface area contributed by atoms with Gasteiger partial charge in [-0.1, -0.05) is 27.7 Å². The Kier molecular flexibility index (Phi) is 3.56. The lowest BCUT2D eigenvalue weighted by molar-refractivity contribution is 0.298. The van der Waals surface area contributed by atoms with Crippen molar-refractivity contribution in [1.82, 2.24) is 25.3 Å². The van der Waals surface area contributed by atoms with E-state index in [1.165, 1.54) is 4.63 Å². The van der Waals surface area contributed by atoms with Gasteiger partial charge in [0.15, 0.2) is 5.65 Å². The van der Waals surface area contributed by atoms with Crippen LogP contribution in [-0.2, 0) is 6.42 Å². The van der Waals surface area contributed by atoms with Crippen LogP contribution in [0.15, 0.2) is 28.7 Å². The first-order valence-corrected chi connectivity index (χ1v) is 7.38. The maximum atomic E-state index is 5.93. The van der Waals surface area contributed by atoms with Crippen LogP contribution in [0.25, 0.3) is 5.65 Å². The van der Waals surface area contributed by atoms with E-state index in [0.29, 0.717) is 11.5 Å². The molecule has 7 nitrogen and oxygen atoms in total. The molecular formula is C15H20N6O. The smallest absolute Gasteiger partial charge is 0.200 e. The van der Waals surface area contributed by atoms with Gasteiger partial charge in [-0.05, 0) is 40.1 Å². The van der Waals surface area contributed by atoms with E-state index in [1.54, 1.807) is 0 Å². The molecule has 0 saturated carbocycles. The van der Waals surface area contributed by atoms with Gasteiger partial charge in [-0.15, -0.1) is 14.8 Å². The molecule has 0 aliphatic rings. The molecule has 0 aliphatic carbocycles. The van der Waals surface area contributed by atoms with Crippen molar-refractivity contribution in [3.05, 3.63) is 35.8 Å². The van der Waals surface area contributed by atoms with Crippen molar-refractivity contribution in [3.63, 3.8) is 0 Å². The van der Waals surface area contributed by atoms with E-state index in [-0.39, 0.29) is 11.5 Å². The number of tetrazole rings is 1. The first kappa shape index (κ1) is 14.5. The van der Waals surface area contributed by atoms with Gasteiger partial charge < -0.3 is 9.73 Å². The minimum absolute atomic E-state index is 0.00534. The SMILES string of the molecule is CCc1ccc(C(Nc2ccc3nnnn3n2)C(C)(C)C)o1. The van der Waals surface area contributed by atoms with Gasteiger partial charge in [-0.3, -0.25) is 0 Å². The number of aromatic nitrogens is 5. The van der Waals surface area contributed by atoms with Crippen LogP contribution < -0.4 is 5.32 Å². The molecule has 116 valence electrons. The third-order valence-electron chi connectivity index (χ3n) is 3.54. The Hall–Kier alpha value is -2.44. The molecule has 1 unspecified atom stereocenters. The predicted octanol–water partition coefficient (Wildman–Crippen LogP) is 2.87. The number of hydrogen-bond donors (Lipinski definition) is 1. The lowest BCUT2D eigenvalue weighted by atomic mass is 9.85. The Bertz CT molecular complexity index is 770. The van der Waals surface area contributed by atoms with E-state index < -0.39 is 0 Å². The number of aryl methyl sites for hydroxylation is 1. The number of rotatable bonds is 4. The Morgan fingerprint density at radius 2 is 2.05 bits per heavy atom. The number of fused-ring (bicyclic) bond motifs is 1. The number of nitrogens with one attached hydrogen (secondary N) is 1. The molecule has 0 radical (unpaired) electrons. The fraction of sp³-hybridized carbons (Fsp3) is 0.467. The van der Waals surface area contributed by atoms with E-state index in [9.17, 15) is 0 Å². The molecule has 22 heavy (non-hydrogen) atoms.